The van der Waals surface area contributed by atoms with Crippen molar-refractivity contribution in [1.82, 2.24) is 0 Å². The summed E-state index contributed by atoms with van der Waals surface area (Å²) in [7, 11) is 4.11. The first kappa shape index (κ1) is 22.6. The Labute approximate surface area is 197 Å². The second-order valence-corrected chi connectivity index (χ2v) is 11.3. The third-order valence-corrected chi connectivity index (χ3v) is 9.86. The lowest BCUT2D eigenvalue weighted by Crippen LogP contribution is -2.52. The predicted octanol–water partition coefficient (Wildman–Crippen LogP) is 5.22. The molecule has 0 amide bonds. The molecule has 5 rings (SSSR count). The molecule has 176 valence electrons. The van der Waals surface area contributed by atoms with Gasteiger partial charge >= 0.3 is 0 Å². The summed E-state index contributed by atoms with van der Waals surface area (Å²) in [5.41, 5.74) is 5.83. The van der Waals surface area contributed by atoms with Crippen LogP contribution in [0.25, 0.3) is 0 Å². The fourth-order valence-electron chi connectivity index (χ4n) is 8.03. The van der Waals surface area contributed by atoms with Crippen LogP contribution in [0, 0.1) is 22.7 Å². The van der Waals surface area contributed by atoms with E-state index in [2.05, 4.69) is 50.2 Å². The van der Waals surface area contributed by atoms with Crippen molar-refractivity contribution in [3.8, 4) is 0 Å². The molecule has 4 aliphatic carbocycles. The average molecular weight is 448 g/mol. The number of ketones is 2. The summed E-state index contributed by atoms with van der Waals surface area (Å²) >= 11 is 0. The standard InChI is InChI=1S/C29H37NO3/c1-18(32)29(17-31)14-13-26-24-11-7-20-15-22(33)10-12-23(20)27(24)25(16-28(26,29)2)19-5-8-21(9-6-19)30(3)4/h5-6,8-9,15,24-26,31H,7,10-14,16-17H2,1-4H3/t24-,25+,26-,28-,29-/m0/s1. The molecule has 4 aliphatic rings. The third-order valence-electron chi connectivity index (χ3n) is 9.86. The van der Waals surface area contributed by atoms with Crippen LogP contribution in [0.1, 0.15) is 70.3 Å². The smallest absolute Gasteiger partial charge is 0.156 e. The molecule has 1 aromatic carbocycles. The number of allylic oxidation sites excluding steroid dienone is 4. The summed E-state index contributed by atoms with van der Waals surface area (Å²) in [5.74, 6) is 1.47. The Hall–Kier alpha value is -2.20. The van der Waals surface area contributed by atoms with E-state index in [0.29, 0.717) is 18.3 Å². The molecule has 4 heteroatoms. The number of carbonyl (C=O) groups is 2. The zero-order valence-corrected chi connectivity index (χ0v) is 20.5. The topological polar surface area (TPSA) is 57.6 Å². The highest BCUT2D eigenvalue weighted by Gasteiger charge is 2.64. The number of hydrogen-bond acceptors (Lipinski definition) is 4. The second-order valence-electron chi connectivity index (χ2n) is 11.3. The van der Waals surface area contributed by atoms with Gasteiger partial charge in [-0.15, -0.1) is 0 Å². The van der Waals surface area contributed by atoms with Crippen molar-refractivity contribution in [1.29, 1.82) is 0 Å². The van der Waals surface area contributed by atoms with Gasteiger partial charge < -0.3 is 10.0 Å². The van der Waals surface area contributed by atoms with E-state index in [1.165, 1.54) is 28.0 Å². The minimum Gasteiger partial charge on any atom is -0.395 e. The first-order valence-electron chi connectivity index (χ1n) is 12.6. The fraction of sp³-hybridized carbons (Fsp3) is 0.586. The Morgan fingerprint density at radius 3 is 2.48 bits per heavy atom. The van der Waals surface area contributed by atoms with E-state index in [0.717, 1.165) is 38.5 Å². The van der Waals surface area contributed by atoms with Gasteiger partial charge in [-0.2, -0.15) is 0 Å². The number of aliphatic hydroxyl groups is 1. The Balaban J connectivity index is 1.68. The SMILES string of the molecule is CC(=O)[C@@]1(CO)CC[C@H]2[C@@H]3CCC4=CC(=O)CCC4=C3[C@@H](c3ccc(N(C)C)cc3)C[C@@]21C. The molecule has 0 unspecified atom stereocenters. The number of nitrogens with zero attached hydrogens (tertiary/aromatic N) is 1. The van der Waals surface area contributed by atoms with Crippen molar-refractivity contribution < 1.29 is 14.7 Å². The summed E-state index contributed by atoms with van der Waals surface area (Å²) in [6.45, 7) is 3.92. The number of Topliss-reactive ketones (excluding diaryl/α,β-unsaturated/α-hetero) is 1. The van der Waals surface area contributed by atoms with Crippen molar-refractivity contribution >= 4 is 17.3 Å². The zero-order chi connectivity index (χ0) is 23.5. The fourth-order valence-corrected chi connectivity index (χ4v) is 8.03. The van der Waals surface area contributed by atoms with Gasteiger partial charge in [0.15, 0.2) is 5.78 Å². The van der Waals surface area contributed by atoms with Crippen molar-refractivity contribution in [2.75, 3.05) is 25.6 Å². The van der Waals surface area contributed by atoms with Crippen molar-refractivity contribution in [3.63, 3.8) is 0 Å². The minimum absolute atomic E-state index is 0.0557. The zero-order valence-electron chi connectivity index (χ0n) is 20.5. The molecule has 0 aliphatic heterocycles. The van der Waals surface area contributed by atoms with E-state index in [4.69, 9.17) is 0 Å². The lowest BCUT2D eigenvalue weighted by molar-refractivity contribution is -0.140. The van der Waals surface area contributed by atoms with Gasteiger partial charge in [0.1, 0.15) is 5.78 Å². The maximum Gasteiger partial charge on any atom is 0.156 e. The Morgan fingerprint density at radius 2 is 1.85 bits per heavy atom. The molecule has 0 radical (unpaired) electrons. The van der Waals surface area contributed by atoms with Gasteiger partial charge in [-0.05, 0) is 97.6 Å². The van der Waals surface area contributed by atoms with Crippen LogP contribution in [0.4, 0.5) is 5.69 Å². The molecule has 33 heavy (non-hydrogen) atoms. The number of rotatable bonds is 4. The van der Waals surface area contributed by atoms with E-state index in [9.17, 15) is 14.7 Å². The third kappa shape index (κ3) is 3.20. The summed E-state index contributed by atoms with van der Waals surface area (Å²) in [6, 6.07) is 8.88. The largest absolute Gasteiger partial charge is 0.395 e. The van der Waals surface area contributed by atoms with Crippen LogP contribution >= 0.6 is 0 Å². The van der Waals surface area contributed by atoms with Crippen molar-refractivity contribution in [2.24, 2.45) is 22.7 Å². The van der Waals surface area contributed by atoms with E-state index >= 15 is 0 Å². The number of benzene rings is 1. The molecule has 0 bridgehead atoms. The van der Waals surface area contributed by atoms with Gasteiger partial charge in [-0.3, -0.25) is 9.59 Å². The molecular weight excluding hydrogens is 410 g/mol. The highest BCUT2D eigenvalue weighted by atomic mass is 16.3. The summed E-state index contributed by atoms with van der Waals surface area (Å²) < 4.78 is 0. The van der Waals surface area contributed by atoms with Crippen LogP contribution < -0.4 is 4.90 Å². The molecule has 0 spiro atoms. The number of hydrogen-bond donors (Lipinski definition) is 1. The van der Waals surface area contributed by atoms with Crippen LogP contribution in [0.5, 0.6) is 0 Å². The first-order chi connectivity index (χ1) is 15.7. The van der Waals surface area contributed by atoms with Gasteiger partial charge in [0, 0.05) is 32.1 Å². The van der Waals surface area contributed by atoms with E-state index in [1.807, 2.05) is 6.08 Å². The number of aliphatic hydroxyl groups excluding tert-OH is 1. The Morgan fingerprint density at radius 1 is 1.12 bits per heavy atom. The lowest BCUT2D eigenvalue weighted by atomic mass is 9.48. The molecule has 2 saturated carbocycles. The number of anilines is 1. The second kappa shape index (κ2) is 7.94. The van der Waals surface area contributed by atoms with E-state index < -0.39 is 5.41 Å². The molecule has 5 atom stereocenters. The van der Waals surface area contributed by atoms with Crippen LogP contribution in [0.2, 0.25) is 0 Å². The summed E-state index contributed by atoms with van der Waals surface area (Å²) in [5, 5.41) is 10.6. The highest BCUT2D eigenvalue weighted by molar-refractivity contribution is 5.93. The molecule has 4 nitrogen and oxygen atoms in total. The Kier molecular flexibility index (Phi) is 5.43. The molecule has 1 N–H and O–H groups in total. The van der Waals surface area contributed by atoms with E-state index in [1.54, 1.807) is 6.92 Å². The van der Waals surface area contributed by atoms with Crippen molar-refractivity contribution in [3.05, 3.63) is 52.6 Å². The van der Waals surface area contributed by atoms with E-state index in [-0.39, 0.29) is 29.5 Å². The van der Waals surface area contributed by atoms with Crippen LogP contribution in [0.3, 0.4) is 0 Å². The molecule has 0 saturated heterocycles. The summed E-state index contributed by atoms with van der Waals surface area (Å²) in [6.07, 6.45) is 8.04. The van der Waals surface area contributed by atoms with Crippen LogP contribution in [-0.4, -0.2) is 37.4 Å². The Bertz CT molecular complexity index is 1050. The van der Waals surface area contributed by atoms with Crippen LogP contribution in [0.15, 0.2) is 47.1 Å². The molecule has 0 aromatic heterocycles. The molecule has 0 heterocycles. The van der Waals surface area contributed by atoms with Gasteiger partial charge in [0.25, 0.3) is 0 Å². The van der Waals surface area contributed by atoms with Gasteiger partial charge in [-0.1, -0.05) is 24.6 Å². The van der Waals surface area contributed by atoms with Crippen LogP contribution in [-0.2, 0) is 9.59 Å². The average Bonchev–Trinajstić information content (AvgIpc) is 3.11. The predicted molar refractivity (Wildman–Crippen MR) is 131 cm³/mol. The van der Waals surface area contributed by atoms with Gasteiger partial charge in [-0.25, -0.2) is 0 Å². The minimum atomic E-state index is -0.645. The number of carbonyl (C=O) groups excluding carboxylic acids is 2. The maximum absolute atomic E-state index is 13.0. The number of fused-ring (bicyclic) bond motifs is 4. The molecule has 1 aromatic rings. The normalized spacial score (nSPS) is 35.5. The van der Waals surface area contributed by atoms with Gasteiger partial charge in [0.2, 0.25) is 0 Å². The quantitative estimate of drug-likeness (QED) is 0.688. The first-order valence-corrected chi connectivity index (χ1v) is 12.6. The molecule has 2 fully saturated rings. The maximum atomic E-state index is 13.0. The highest BCUT2D eigenvalue weighted by Crippen LogP contribution is 2.69. The van der Waals surface area contributed by atoms with Gasteiger partial charge in [0.05, 0.1) is 12.0 Å². The monoisotopic (exact) mass is 447 g/mol. The summed E-state index contributed by atoms with van der Waals surface area (Å²) in [4.78, 5) is 27.3. The lowest BCUT2D eigenvalue weighted by Gasteiger charge is -2.55. The van der Waals surface area contributed by atoms with Crippen molar-refractivity contribution in [2.45, 2.75) is 64.7 Å². The molecular formula is C29H37NO3.